The van der Waals surface area contributed by atoms with E-state index in [2.05, 4.69) is 75.3 Å². The molecular formula is C44H47AlBr4Cl4O9. The van der Waals surface area contributed by atoms with Crippen molar-refractivity contribution >= 4 is 145 Å². The number of aromatic hydroxyl groups is 2. The molecule has 1 spiro atoms. The van der Waals surface area contributed by atoms with Gasteiger partial charge in [0.25, 0.3) is 0 Å². The van der Waals surface area contributed by atoms with Crippen molar-refractivity contribution in [3.63, 3.8) is 0 Å². The SMILES string of the molecule is CC(=O)Cl.CC(=O)Oc1cccc(Br)c1C.CC(=O)c1ccc(Br)c(C)c1O.Cc1c(Br)ccc2c1OC1(CCC1)CC2=O.Cc1c(O)cccc1Br.O=C1CCC1.[Cl][Al]([Cl])[Cl]. The van der Waals surface area contributed by atoms with Gasteiger partial charge in [0.1, 0.15) is 34.4 Å². The molecule has 336 valence electrons. The number of hydrogen-bond acceptors (Lipinski definition) is 9. The van der Waals surface area contributed by atoms with Gasteiger partial charge in [-0.15, -0.1) is 0 Å². The molecule has 1 aliphatic heterocycles. The highest BCUT2D eigenvalue weighted by atomic mass is 79.9. The van der Waals surface area contributed by atoms with Gasteiger partial charge in [-0.2, -0.15) is 0 Å². The van der Waals surface area contributed by atoms with E-state index in [1.165, 1.54) is 27.2 Å². The van der Waals surface area contributed by atoms with Gasteiger partial charge in [-0.05, 0) is 120 Å². The molecule has 2 aliphatic carbocycles. The molecule has 0 atom stereocenters. The predicted molar refractivity (Wildman–Crippen MR) is 265 cm³/mol. The normalized spacial score (nSPS) is 13.3. The highest BCUT2D eigenvalue weighted by Gasteiger charge is 2.45. The standard InChI is InChI=1S/C13H13BrO2.2C9H9BrO2.C7H7BrO.C4H6O.C2H3ClO.Al.3ClH/c1-8-10(14)4-3-9-11(15)7-13(5-2-6-13)16-12(8)9;1-6-8(10)4-3-5-9(6)12-7(2)11;1-5-8(10)4-3-7(6(2)11)9(5)12;1-5-6(8)3-2-4-7(5)9;5-4-2-1-3-4;1-2(3)4;;;;/h3-4H,2,5-7H2,1H3;3-5H,1-2H3;3-4,12H,1-2H3;2-4,9H,1H3;1-3H2;1H3;;3*1H/q;;;;;;+3;;;/p-3. The van der Waals surface area contributed by atoms with Crippen LogP contribution in [0.2, 0.25) is 0 Å². The molecule has 0 unspecified atom stereocenters. The van der Waals surface area contributed by atoms with Crippen molar-refractivity contribution in [2.45, 2.75) is 99.0 Å². The summed E-state index contributed by atoms with van der Waals surface area (Å²) in [7, 11) is 14.8. The number of benzene rings is 4. The van der Waals surface area contributed by atoms with Crippen molar-refractivity contribution in [1.29, 1.82) is 0 Å². The second-order valence-electron chi connectivity index (χ2n) is 13.9. The van der Waals surface area contributed by atoms with Gasteiger partial charge in [-0.1, -0.05) is 75.9 Å². The van der Waals surface area contributed by atoms with E-state index < -0.39 is 11.4 Å². The summed E-state index contributed by atoms with van der Waals surface area (Å²) < 4.78 is 14.8. The first-order chi connectivity index (χ1) is 28.8. The first-order valence-corrected chi connectivity index (χ1v) is 27.6. The molecule has 0 saturated heterocycles. The second-order valence-corrected chi connectivity index (χ2v) is 24.2. The van der Waals surface area contributed by atoms with Gasteiger partial charge in [0.2, 0.25) is 5.24 Å². The number of phenolic OH excluding ortho intramolecular Hbond substituents is 2. The number of hydrogen-bond donors (Lipinski definition) is 2. The fourth-order valence-electron chi connectivity index (χ4n) is 5.24. The van der Waals surface area contributed by atoms with E-state index in [4.69, 9.17) is 44.7 Å². The average molecular weight is 1210 g/mol. The minimum Gasteiger partial charge on any atom is -0.508 e. The van der Waals surface area contributed by atoms with Crippen LogP contribution in [-0.2, 0) is 14.4 Å². The molecule has 4 aromatic carbocycles. The van der Waals surface area contributed by atoms with Crippen molar-refractivity contribution in [1.82, 2.24) is 0 Å². The molecular weight excluding hydrogens is 1160 g/mol. The number of esters is 1. The summed E-state index contributed by atoms with van der Waals surface area (Å²) in [5.74, 6) is 2.06. The lowest BCUT2D eigenvalue weighted by molar-refractivity contribution is -0.132. The molecule has 0 radical (unpaired) electrons. The zero-order valence-corrected chi connectivity index (χ0v) is 45.6. The Labute approximate surface area is 419 Å². The smallest absolute Gasteiger partial charge is 0.508 e. The van der Waals surface area contributed by atoms with Gasteiger partial charge in [0, 0.05) is 66.8 Å². The van der Waals surface area contributed by atoms with Gasteiger partial charge >= 0.3 is 17.4 Å². The highest BCUT2D eigenvalue weighted by molar-refractivity contribution is 9.11. The summed E-state index contributed by atoms with van der Waals surface area (Å²) in [6, 6.07) is 18.0. The molecule has 7 rings (SSSR count). The van der Waals surface area contributed by atoms with Crippen molar-refractivity contribution < 1.29 is 43.7 Å². The number of ketones is 3. The van der Waals surface area contributed by atoms with E-state index >= 15 is 0 Å². The summed E-state index contributed by atoms with van der Waals surface area (Å²) in [5, 5.41) is 18.2. The lowest BCUT2D eigenvalue weighted by atomic mass is 9.74. The van der Waals surface area contributed by atoms with Crippen molar-refractivity contribution in [3.05, 3.63) is 112 Å². The van der Waals surface area contributed by atoms with E-state index in [-0.39, 0.29) is 34.1 Å². The Bertz CT molecular complexity index is 2170. The molecule has 1 heterocycles. The quantitative estimate of drug-likeness (QED) is 0.0659. The van der Waals surface area contributed by atoms with E-state index in [1.807, 2.05) is 51.1 Å². The Morgan fingerprint density at radius 2 is 1.18 bits per heavy atom. The van der Waals surface area contributed by atoms with Crippen LogP contribution in [0, 0.1) is 27.7 Å². The molecule has 18 heteroatoms. The zero-order valence-electron chi connectivity index (χ0n) is 35.1. The number of rotatable bonds is 2. The topological polar surface area (TPSA) is 144 Å². The molecule has 0 aromatic heterocycles. The van der Waals surface area contributed by atoms with E-state index in [1.54, 1.807) is 37.3 Å². The van der Waals surface area contributed by atoms with Crippen LogP contribution in [0.4, 0.5) is 0 Å². The zero-order chi connectivity index (χ0) is 47.5. The van der Waals surface area contributed by atoms with Crippen LogP contribution >= 0.6 is 105 Å². The number of halogens is 8. The molecule has 2 N–H and O–H groups in total. The summed E-state index contributed by atoms with van der Waals surface area (Å²) in [5.41, 5.74) is 4.51. The maximum absolute atomic E-state index is 12.1. The Morgan fingerprint density at radius 1 is 0.710 bits per heavy atom. The Balaban J connectivity index is 0.000000382. The minimum atomic E-state index is -1.72. The van der Waals surface area contributed by atoms with Gasteiger partial charge in [-0.3, -0.25) is 24.0 Å². The van der Waals surface area contributed by atoms with Crippen molar-refractivity contribution in [3.8, 4) is 23.0 Å². The maximum atomic E-state index is 12.1. The van der Waals surface area contributed by atoms with Gasteiger partial charge in [0.15, 0.2) is 11.6 Å². The largest absolute Gasteiger partial charge is 0.643 e. The third kappa shape index (κ3) is 20.5. The predicted octanol–water partition coefficient (Wildman–Crippen LogP) is 14.7. The summed E-state index contributed by atoms with van der Waals surface area (Å²) in [4.78, 5) is 52.8. The Hall–Kier alpha value is -1.96. The molecule has 0 bridgehead atoms. The first kappa shape index (κ1) is 58.1. The van der Waals surface area contributed by atoms with Crippen LogP contribution in [0.5, 0.6) is 23.0 Å². The Morgan fingerprint density at radius 3 is 1.60 bits per heavy atom. The number of Topliss-reactive ketones (excluding diaryl/α,β-unsaturated/α-hetero) is 3. The second kappa shape index (κ2) is 28.8. The van der Waals surface area contributed by atoms with E-state index in [0.717, 1.165) is 78.0 Å². The fraction of sp³-hybridized carbons (Fsp3) is 0.341. The van der Waals surface area contributed by atoms with Crippen LogP contribution in [0.1, 0.15) is 109 Å². The fourth-order valence-corrected chi connectivity index (χ4v) is 6.57. The van der Waals surface area contributed by atoms with Crippen molar-refractivity contribution in [2.75, 3.05) is 0 Å². The number of carbonyl (C=O) groups excluding carboxylic acids is 5. The number of fused-ring (bicyclic) bond motifs is 1. The molecule has 3 aliphatic rings. The summed E-state index contributed by atoms with van der Waals surface area (Å²) in [6.07, 6.45) is 6.60. The van der Waals surface area contributed by atoms with Crippen LogP contribution in [0.3, 0.4) is 0 Å². The first-order valence-electron chi connectivity index (χ1n) is 18.8. The lowest BCUT2D eigenvalue weighted by Gasteiger charge is -2.45. The average Bonchev–Trinajstić information content (AvgIpc) is 3.15. The summed E-state index contributed by atoms with van der Waals surface area (Å²) in [6.45, 7) is 11.6. The van der Waals surface area contributed by atoms with E-state index in [0.29, 0.717) is 34.8 Å². The molecule has 0 amide bonds. The maximum Gasteiger partial charge on any atom is 0.643 e. The summed E-state index contributed by atoms with van der Waals surface area (Å²) >= 11 is 16.3. The molecule has 62 heavy (non-hydrogen) atoms. The monoisotopic (exact) mass is 1200 g/mol. The lowest BCUT2D eigenvalue weighted by Crippen LogP contribution is -2.47. The number of ether oxygens (including phenoxy) is 2. The minimum absolute atomic E-state index is 0.0666. The number of phenols is 2. The van der Waals surface area contributed by atoms with Gasteiger partial charge in [0.05, 0.1) is 17.5 Å². The molecule has 2 saturated carbocycles. The third-order valence-corrected chi connectivity index (χ3v) is 12.5. The number of carbonyl (C=O) groups is 5. The molecule has 9 nitrogen and oxygen atoms in total. The van der Waals surface area contributed by atoms with Crippen LogP contribution < -0.4 is 9.47 Å². The van der Waals surface area contributed by atoms with Crippen LogP contribution in [0.25, 0.3) is 0 Å². The molecule has 2 fully saturated rings. The molecule has 4 aromatic rings. The Kier molecular flexibility index (Phi) is 27.0. The van der Waals surface area contributed by atoms with Crippen LogP contribution in [0.15, 0.2) is 78.6 Å². The van der Waals surface area contributed by atoms with Crippen LogP contribution in [-0.4, -0.2) is 55.8 Å². The highest BCUT2D eigenvalue weighted by Crippen LogP contribution is 2.47. The van der Waals surface area contributed by atoms with E-state index in [9.17, 15) is 29.1 Å². The van der Waals surface area contributed by atoms with Gasteiger partial charge in [-0.25, -0.2) is 30.1 Å². The third-order valence-electron chi connectivity index (χ3n) is 9.07. The van der Waals surface area contributed by atoms with Gasteiger partial charge < -0.3 is 19.7 Å². The van der Waals surface area contributed by atoms with Crippen molar-refractivity contribution in [2.24, 2.45) is 0 Å².